The standard InChI is InChI=1S/C42H47N11O3S/c1-44-34-20-35(36-12-11-32-19-28(21-43)24-47-53(32)36)46-25-33(34)41-50-49-40(57-41)29-5-3-26(4-6-29)22-45-23-27-15-17-52(18-16-27)31-9-7-30(8-10-31)42(56)51(2)37-13-14-38(54)48-39(37)55/h7-12,19-20,24-27,29,37,45H,3-6,13-18,22-23H2,1-2H3,(H,44,46)(H,48,54,55). The minimum atomic E-state index is -0.631. The summed E-state index contributed by atoms with van der Waals surface area (Å²) in [6.45, 7) is 4.04. The first-order valence-corrected chi connectivity index (χ1v) is 20.7. The summed E-state index contributed by atoms with van der Waals surface area (Å²) in [5.74, 6) is 0.817. The second kappa shape index (κ2) is 16.8. The first kappa shape index (κ1) is 38.2. The molecule has 4 aromatic heterocycles. The fourth-order valence-corrected chi connectivity index (χ4v) is 9.48. The van der Waals surface area contributed by atoms with Gasteiger partial charge in [-0.15, -0.1) is 10.2 Å². The van der Waals surface area contributed by atoms with Crippen LogP contribution in [0.25, 0.3) is 27.5 Å². The molecule has 15 heteroatoms. The fourth-order valence-electron chi connectivity index (χ4n) is 8.45. The van der Waals surface area contributed by atoms with Crippen molar-refractivity contribution in [3.63, 3.8) is 0 Å². The van der Waals surface area contributed by atoms with Gasteiger partial charge in [0.1, 0.15) is 17.1 Å². The van der Waals surface area contributed by atoms with Crippen molar-refractivity contribution < 1.29 is 14.4 Å². The van der Waals surface area contributed by atoms with Crippen LogP contribution in [0, 0.1) is 23.2 Å². The van der Waals surface area contributed by atoms with E-state index < -0.39 is 11.9 Å². The first-order valence-electron chi connectivity index (χ1n) is 19.8. The molecule has 6 heterocycles. The molecule has 0 spiro atoms. The Hall–Kier alpha value is -5.72. The number of aromatic nitrogens is 5. The summed E-state index contributed by atoms with van der Waals surface area (Å²) in [7, 11) is 3.52. The Bertz CT molecular complexity index is 2300. The zero-order valence-electron chi connectivity index (χ0n) is 32.3. The Balaban J connectivity index is 0.771. The Morgan fingerprint density at radius 1 is 0.965 bits per heavy atom. The van der Waals surface area contributed by atoms with Gasteiger partial charge in [-0.3, -0.25) is 24.7 Å². The van der Waals surface area contributed by atoms with Crippen LogP contribution in [0.2, 0.25) is 0 Å². The van der Waals surface area contributed by atoms with Crippen molar-refractivity contribution in [1.82, 2.24) is 40.3 Å². The Morgan fingerprint density at radius 3 is 2.44 bits per heavy atom. The molecule has 1 saturated carbocycles. The predicted molar refractivity (Wildman–Crippen MR) is 219 cm³/mol. The van der Waals surface area contributed by atoms with Crippen LogP contribution in [0.15, 0.2) is 60.9 Å². The molecule has 3 amide bonds. The van der Waals surface area contributed by atoms with Gasteiger partial charge in [-0.05, 0) is 118 Å². The first-order chi connectivity index (χ1) is 27.8. The van der Waals surface area contributed by atoms with Crippen LogP contribution >= 0.6 is 11.3 Å². The van der Waals surface area contributed by atoms with Crippen LogP contribution in [0.4, 0.5) is 11.4 Å². The van der Waals surface area contributed by atoms with Crippen LogP contribution < -0.4 is 20.9 Å². The second-order valence-electron chi connectivity index (χ2n) is 15.5. The second-order valence-corrected chi connectivity index (χ2v) is 16.5. The number of fused-ring (bicyclic) bond motifs is 1. The van der Waals surface area contributed by atoms with E-state index in [1.165, 1.54) is 17.7 Å². The Kier molecular flexibility index (Phi) is 11.2. The number of pyridine rings is 1. The number of nitrogens with one attached hydrogen (secondary N) is 3. The highest BCUT2D eigenvalue weighted by Gasteiger charge is 2.33. The van der Waals surface area contributed by atoms with Crippen molar-refractivity contribution in [3.05, 3.63) is 77.1 Å². The molecule has 0 radical (unpaired) electrons. The lowest BCUT2D eigenvalue weighted by Gasteiger charge is -2.34. The van der Waals surface area contributed by atoms with E-state index in [0.29, 0.717) is 35.3 Å². The summed E-state index contributed by atoms with van der Waals surface area (Å²) in [6.07, 6.45) is 10.8. The highest BCUT2D eigenvalue weighted by molar-refractivity contribution is 7.14. The third-order valence-electron chi connectivity index (χ3n) is 11.9. The topological polar surface area (TPSA) is 174 Å². The zero-order chi connectivity index (χ0) is 39.5. The lowest BCUT2D eigenvalue weighted by atomic mass is 9.82. The number of hydrogen-bond donors (Lipinski definition) is 3. The molecule has 1 aromatic carbocycles. The Labute approximate surface area is 335 Å². The van der Waals surface area contributed by atoms with Crippen molar-refractivity contribution in [2.24, 2.45) is 11.8 Å². The number of anilines is 2. The molecule has 2 saturated heterocycles. The molecule has 1 unspecified atom stereocenters. The number of amides is 3. The normalized spacial score (nSPS) is 20.3. The molecule has 8 rings (SSSR count). The largest absolute Gasteiger partial charge is 0.387 e. The summed E-state index contributed by atoms with van der Waals surface area (Å²) in [6, 6.07) is 16.9. The summed E-state index contributed by atoms with van der Waals surface area (Å²) < 4.78 is 1.80. The van der Waals surface area contributed by atoms with Gasteiger partial charge in [-0.25, -0.2) is 4.52 Å². The van der Waals surface area contributed by atoms with Crippen LogP contribution in [-0.2, 0) is 9.59 Å². The molecule has 5 aromatic rings. The molecule has 1 atom stereocenters. The van der Waals surface area contributed by atoms with Crippen LogP contribution in [0.1, 0.15) is 78.2 Å². The smallest absolute Gasteiger partial charge is 0.254 e. The fraction of sp³-hybridized carbons (Fsp3) is 0.429. The average Bonchev–Trinajstić information content (AvgIpc) is 3.91. The molecule has 2 aliphatic heterocycles. The van der Waals surface area contributed by atoms with Gasteiger partial charge < -0.3 is 20.4 Å². The van der Waals surface area contributed by atoms with Gasteiger partial charge in [-0.2, -0.15) is 10.4 Å². The average molecular weight is 786 g/mol. The number of rotatable bonds is 11. The number of nitrogens with zero attached hydrogens (tertiary/aromatic N) is 8. The minimum absolute atomic E-state index is 0.220. The molecule has 3 fully saturated rings. The highest BCUT2D eigenvalue weighted by Crippen LogP contribution is 2.40. The summed E-state index contributed by atoms with van der Waals surface area (Å²) in [5, 5.41) is 34.3. The van der Waals surface area contributed by atoms with E-state index in [0.717, 1.165) is 95.7 Å². The number of hydrogen-bond acceptors (Lipinski definition) is 12. The van der Waals surface area contributed by atoms with Crippen LogP contribution in [-0.4, -0.2) is 93.7 Å². The third-order valence-corrected chi connectivity index (χ3v) is 13.0. The summed E-state index contributed by atoms with van der Waals surface area (Å²) in [4.78, 5) is 45.4. The minimum Gasteiger partial charge on any atom is -0.387 e. The van der Waals surface area contributed by atoms with Gasteiger partial charge in [-0.1, -0.05) is 11.3 Å². The van der Waals surface area contributed by atoms with E-state index >= 15 is 0 Å². The molecule has 57 heavy (non-hydrogen) atoms. The van der Waals surface area contributed by atoms with Crippen LogP contribution in [0.5, 0.6) is 0 Å². The number of imide groups is 1. The monoisotopic (exact) mass is 785 g/mol. The maximum Gasteiger partial charge on any atom is 0.254 e. The lowest BCUT2D eigenvalue weighted by Crippen LogP contribution is -2.52. The van der Waals surface area contributed by atoms with Gasteiger partial charge in [0, 0.05) is 62.7 Å². The van der Waals surface area contributed by atoms with Crippen molar-refractivity contribution in [3.8, 4) is 28.0 Å². The number of benzene rings is 1. The van der Waals surface area contributed by atoms with Crippen LogP contribution in [0.3, 0.4) is 0 Å². The van der Waals surface area contributed by atoms with Gasteiger partial charge in [0.05, 0.1) is 34.2 Å². The van der Waals surface area contributed by atoms with Gasteiger partial charge >= 0.3 is 0 Å². The number of carbonyl (C=O) groups is 3. The maximum atomic E-state index is 13.1. The van der Waals surface area contributed by atoms with E-state index in [1.807, 2.05) is 61.8 Å². The number of nitriles is 1. The zero-order valence-corrected chi connectivity index (χ0v) is 33.1. The third kappa shape index (κ3) is 8.24. The number of carbonyl (C=O) groups excluding carboxylic acids is 3. The molecule has 0 bridgehead atoms. The van der Waals surface area contributed by atoms with Gasteiger partial charge in [0.25, 0.3) is 5.91 Å². The van der Waals surface area contributed by atoms with E-state index in [1.54, 1.807) is 29.1 Å². The van der Waals surface area contributed by atoms with Gasteiger partial charge in [0.2, 0.25) is 11.8 Å². The molecule has 3 aliphatic rings. The maximum absolute atomic E-state index is 13.1. The molecule has 294 valence electrons. The van der Waals surface area contributed by atoms with Crippen molar-refractivity contribution in [1.29, 1.82) is 5.26 Å². The number of piperidine rings is 2. The summed E-state index contributed by atoms with van der Waals surface area (Å²) >= 11 is 1.67. The summed E-state index contributed by atoms with van der Waals surface area (Å²) in [5.41, 5.74) is 6.48. The molecule has 14 nitrogen and oxygen atoms in total. The SMILES string of the molecule is CNc1cc(-c2ccc3cc(C#N)cnn23)ncc1-c1nnc(C2CCC(CNCC3CCN(c4ccc(C(=O)N(C)C5CCC(=O)NC5=O)cc4)CC3)CC2)s1. The number of likely N-dealkylation sites (N-methyl/N-ethyl adjacent to an activating group) is 1. The molecular weight excluding hydrogens is 739 g/mol. The van der Waals surface area contributed by atoms with E-state index in [-0.39, 0.29) is 18.2 Å². The van der Waals surface area contributed by atoms with Gasteiger partial charge in [0.15, 0.2) is 5.01 Å². The molecule has 3 N–H and O–H groups in total. The van der Waals surface area contributed by atoms with E-state index in [9.17, 15) is 19.6 Å². The lowest BCUT2D eigenvalue weighted by molar-refractivity contribution is -0.136. The quantitative estimate of drug-likeness (QED) is 0.145. The molecular formula is C42H47N11O3S. The molecule has 1 aliphatic carbocycles. The van der Waals surface area contributed by atoms with Crippen molar-refractivity contribution in [2.75, 3.05) is 50.5 Å². The van der Waals surface area contributed by atoms with E-state index in [4.69, 9.17) is 4.98 Å². The predicted octanol–water partition coefficient (Wildman–Crippen LogP) is 5.49. The highest BCUT2D eigenvalue weighted by atomic mass is 32.1. The van der Waals surface area contributed by atoms with Crippen molar-refractivity contribution >= 4 is 45.9 Å². The van der Waals surface area contributed by atoms with E-state index in [2.05, 4.69) is 42.2 Å². The Morgan fingerprint density at radius 2 is 1.72 bits per heavy atom. The van der Waals surface area contributed by atoms with Crippen molar-refractivity contribution in [2.45, 2.75) is 63.3 Å².